The van der Waals surface area contributed by atoms with Gasteiger partial charge in [-0.1, -0.05) is 0 Å². The maximum atomic E-state index is 10.7. The normalized spacial score (nSPS) is 14.3. The zero-order valence-corrected chi connectivity index (χ0v) is 8.37. The molecule has 0 aliphatic heterocycles. The van der Waals surface area contributed by atoms with Crippen molar-refractivity contribution in [1.82, 2.24) is 0 Å². The summed E-state index contributed by atoms with van der Waals surface area (Å²) in [6.45, 7) is 1.68. The van der Waals surface area contributed by atoms with E-state index in [0.717, 1.165) is 12.0 Å². The second kappa shape index (κ2) is 3.93. The molecule has 0 radical (unpaired) electrons. The van der Waals surface area contributed by atoms with Crippen molar-refractivity contribution in [2.24, 2.45) is 0 Å². The third-order valence-electron chi connectivity index (χ3n) is 1.41. The van der Waals surface area contributed by atoms with Gasteiger partial charge in [-0.05, 0) is 19.1 Å². The van der Waals surface area contributed by atoms with E-state index in [1.54, 1.807) is 25.3 Å². The smallest absolute Gasteiger partial charge is 0.264 e. The molecule has 0 unspecified atom stereocenters. The Kier molecular flexibility index (Phi) is 3.11. The van der Waals surface area contributed by atoms with Crippen LogP contribution in [0.15, 0.2) is 22.8 Å². The maximum Gasteiger partial charge on any atom is 0.264 e. The number of hydrogen-bond donors (Lipinski definition) is 0. The lowest BCUT2D eigenvalue weighted by atomic mass is 10.2. The Hall–Kier alpha value is -0.810. The first-order chi connectivity index (χ1) is 5.97. The average Bonchev–Trinajstić information content (AvgIpc) is 2.34. The first-order valence-corrected chi connectivity index (χ1v) is 5.69. The Bertz CT molecular complexity index is 338. The average molecular weight is 204 g/mol. The molecule has 0 spiro atoms. The molecule has 0 fully saturated rings. The van der Waals surface area contributed by atoms with Gasteiger partial charge in [0.1, 0.15) is 5.76 Å². The molecule has 0 saturated heterocycles. The zero-order valence-electron chi connectivity index (χ0n) is 7.56. The molecular weight excluding hydrogens is 192 g/mol. The molecule has 0 aliphatic rings. The van der Waals surface area contributed by atoms with Gasteiger partial charge in [0.15, 0.2) is 0 Å². The maximum absolute atomic E-state index is 10.7. The van der Waals surface area contributed by atoms with Crippen LogP contribution in [0.5, 0.6) is 0 Å². The van der Waals surface area contributed by atoms with E-state index >= 15 is 0 Å². The van der Waals surface area contributed by atoms with Crippen molar-refractivity contribution in [1.29, 1.82) is 0 Å². The highest BCUT2D eigenvalue weighted by Crippen LogP contribution is 2.07. The second-order valence-electron chi connectivity index (χ2n) is 2.89. The monoisotopic (exact) mass is 204 g/mol. The molecule has 0 bridgehead atoms. The first kappa shape index (κ1) is 10.3. The Morgan fingerprint density at radius 1 is 1.62 bits per heavy atom. The Balaban J connectivity index is 2.47. The molecule has 1 heterocycles. The van der Waals surface area contributed by atoms with E-state index in [-0.39, 0.29) is 6.10 Å². The van der Waals surface area contributed by atoms with Gasteiger partial charge in [-0.2, -0.15) is 8.42 Å². The topological polar surface area (TPSA) is 56.5 Å². The number of furan rings is 1. The van der Waals surface area contributed by atoms with E-state index in [4.69, 9.17) is 8.60 Å². The summed E-state index contributed by atoms with van der Waals surface area (Å²) >= 11 is 0. The van der Waals surface area contributed by atoms with E-state index in [1.807, 2.05) is 0 Å². The van der Waals surface area contributed by atoms with Crippen molar-refractivity contribution < 1.29 is 17.0 Å². The van der Waals surface area contributed by atoms with Gasteiger partial charge < -0.3 is 4.42 Å². The highest BCUT2D eigenvalue weighted by atomic mass is 32.2. The molecule has 4 nitrogen and oxygen atoms in total. The lowest BCUT2D eigenvalue weighted by Gasteiger charge is -2.08. The van der Waals surface area contributed by atoms with Crippen molar-refractivity contribution in [3.63, 3.8) is 0 Å². The molecule has 0 N–H and O–H groups in total. The van der Waals surface area contributed by atoms with Gasteiger partial charge in [0.05, 0.1) is 18.6 Å². The fourth-order valence-electron chi connectivity index (χ4n) is 1.04. The van der Waals surface area contributed by atoms with Crippen molar-refractivity contribution in [2.45, 2.75) is 19.4 Å². The Morgan fingerprint density at radius 2 is 2.31 bits per heavy atom. The van der Waals surface area contributed by atoms with E-state index in [2.05, 4.69) is 0 Å². The fraction of sp³-hybridized carbons (Fsp3) is 0.500. The van der Waals surface area contributed by atoms with Crippen molar-refractivity contribution in [3.05, 3.63) is 24.2 Å². The van der Waals surface area contributed by atoms with Crippen molar-refractivity contribution in [3.8, 4) is 0 Å². The summed E-state index contributed by atoms with van der Waals surface area (Å²) in [5.74, 6) is 0.719. The summed E-state index contributed by atoms with van der Waals surface area (Å²) in [4.78, 5) is 0. The Morgan fingerprint density at radius 3 is 2.77 bits per heavy atom. The summed E-state index contributed by atoms with van der Waals surface area (Å²) in [5.41, 5.74) is 0. The largest absolute Gasteiger partial charge is 0.469 e. The SMILES string of the molecule is C[C@H](Cc1ccco1)OS(C)(=O)=O. The van der Waals surface area contributed by atoms with Gasteiger partial charge in [0, 0.05) is 6.42 Å². The zero-order chi connectivity index (χ0) is 9.90. The lowest BCUT2D eigenvalue weighted by Crippen LogP contribution is -2.16. The predicted octanol–water partition coefficient (Wildman–Crippen LogP) is 1.19. The molecule has 0 aliphatic carbocycles. The molecule has 1 rings (SSSR count). The van der Waals surface area contributed by atoms with Crippen LogP contribution >= 0.6 is 0 Å². The fourth-order valence-corrected chi connectivity index (χ4v) is 1.71. The van der Waals surface area contributed by atoms with Crippen LogP contribution in [0.4, 0.5) is 0 Å². The molecule has 1 atom stereocenters. The van der Waals surface area contributed by atoms with Gasteiger partial charge in [0.2, 0.25) is 0 Å². The molecule has 5 heteroatoms. The standard InChI is InChI=1S/C8H12O4S/c1-7(12-13(2,9)10)6-8-4-3-5-11-8/h3-5,7H,6H2,1-2H3/t7-/m1/s1. The number of hydrogen-bond acceptors (Lipinski definition) is 4. The summed E-state index contributed by atoms with van der Waals surface area (Å²) in [5, 5.41) is 0. The molecule has 0 aromatic carbocycles. The van der Waals surface area contributed by atoms with Gasteiger partial charge in [-0.3, -0.25) is 4.18 Å². The molecule has 1 aromatic heterocycles. The third-order valence-corrected chi connectivity index (χ3v) is 2.09. The van der Waals surface area contributed by atoms with Gasteiger partial charge in [-0.25, -0.2) is 0 Å². The van der Waals surface area contributed by atoms with Gasteiger partial charge in [0.25, 0.3) is 10.1 Å². The van der Waals surface area contributed by atoms with Crippen LogP contribution in [-0.2, 0) is 20.7 Å². The summed E-state index contributed by atoms with van der Waals surface area (Å²) in [7, 11) is -3.37. The summed E-state index contributed by atoms with van der Waals surface area (Å²) < 4.78 is 31.2. The van der Waals surface area contributed by atoms with Gasteiger partial charge >= 0.3 is 0 Å². The van der Waals surface area contributed by atoms with Crippen LogP contribution in [0.25, 0.3) is 0 Å². The predicted molar refractivity (Wildman–Crippen MR) is 47.8 cm³/mol. The van der Waals surface area contributed by atoms with Crippen LogP contribution in [0.3, 0.4) is 0 Å². The van der Waals surface area contributed by atoms with Crippen LogP contribution in [0.2, 0.25) is 0 Å². The Labute approximate surface area is 77.6 Å². The highest BCUT2D eigenvalue weighted by Gasteiger charge is 2.11. The van der Waals surface area contributed by atoms with E-state index in [0.29, 0.717) is 6.42 Å². The minimum atomic E-state index is -3.37. The summed E-state index contributed by atoms with van der Waals surface area (Å²) in [6, 6.07) is 3.53. The third kappa shape index (κ3) is 4.10. The molecule has 13 heavy (non-hydrogen) atoms. The van der Waals surface area contributed by atoms with E-state index < -0.39 is 10.1 Å². The molecule has 74 valence electrons. The molecule has 1 aromatic rings. The van der Waals surface area contributed by atoms with Crippen molar-refractivity contribution in [2.75, 3.05) is 6.26 Å². The summed E-state index contributed by atoms with van der Waals surface area (Å²) in [6.07, 6.45) is 2.65. The quantitative estimate of drug-likeness (QED) is 0.691. The molecule has 0 saturated carbocycles. The van der Waals surface area contributed by atoms with E-state index in [9.17, 15) is 8.42 Å². The second-order valence-corrected chi connectivity index (χ2v) is 4.50. The van der Waals surface area contributed by atoms with Crippen LogP contribution in [-0.4, -0.2) is 20.8 Å². The van der Waals surface area contributed by atoms with E-state index in [1.165, 1.54) is 0 Å². The van der Waals surface area contributed by atoms with Gasteiger partial charge in [-0.15, -0.1) is 0 Å². The highest BCUT2D eigenvalue weighted by molar-refractivity contribution is 7.86. The molecular formula is C8H12O4S. The minimum absolute atomic E-state index is 0.388. The minimum Gasteiger partial charge on any atom is -0.469 e. The van der Waals surface area contributed by atoms with Crippen molar-refractivity contribution >= 4 is 10.1 Å². The lowest BCUT2D eigenvalue weighted by molar-refractivity contribution is 0.222. The van der Waals surface area contributed by atoms with Crippen LogP contribution < -0.4 is 0 Å². The van der Waals surface area contributed by atoms with Crippen LogP contribution in [0.1, 0.15) is 12.7 Å². The van der Waals surface area contributed by atoms with Crippen LogP contribution in [0, 0.1) is 0 Å². The first-order valence-electron chi connectivity index (χ1n) is 3.88. The molecule has 0 amide bonds. The number of rotatable bonds is 4.